The summed E-state index contributed by atoms with van der Waals surface area (Å²) in [6.45, 7) is 4.72. The number of aryl methyl sites for hydroxylation is 1. The largest absolute Gasteiger partial charge is 0.357 e. The van der Waals surface area contributed by atoms with Crippen molar-refractivity contribution in [1.29, 1.82) is 0 Å². The van der Waals surface area contributed by atoms with Crippen molar-refractivity contribution in [3.8, 4) is 0 Å². The molecule has 1 aromatic heterocycles. The van der Waals surface area contributed by atoms with Gasteiger partial charge in [0.25, 0.3) is 0 Å². The van der Waals surface area contributed by atoms with Gasteiger partial charge in [-0.1, -0.05) is 32.1 Å². The van der Waals surface area contributed by atoms with Gasteiger partial charge in [0.2, 0.25) is 0 Å². The zero-order valence-corrected chi connectivity index (χ0v) is 17.2. The van der Waals surface area contributed by atoms with Crippen LogP contribution in [0, 0.1) is 5.92 Å². The van der Waals surface area contributed by atoms with Crippen molar-refractivity contribution in [2.24, 2.45) is 18.0 Å². The van der Waals surface area contributed by atoms with Crippen LogP contribution in [0.25, 0.3) is 0 Å². The first kappa shape index (κ1) is 20.7. The van der Waals surface area contributed by atoms with Crippen molar-refractivity contribution < 1.29 is 0 Å². The van der Waals surface area contributed by atoms with Crippen molar-refractivity contribution in [2.75, 3.05) is 33.7 Å². The molecule has 2 N–H and O–H groups in total. The Bertz CT molecular complexity index is 530. The lowest BCUT2D eigenvalue weighted by Crippen LogP contribution is -2.38. The lowest BCUT2D eigenvalue weighted by atomic mass is 9.86. The van der Waals surface area contributed by atoms with Crippen molar-refractivity contribution in [3.05, 3.63) is 18.0 Å². The summed E-state index contributed by atoms with van der Waals surface area (Å²) in [7, 11) is 6.15. The van der Waals surface area contributed by atoms with E-state index in [9.17, 15) is 0 Å². The van der Waals surface area contributed by atoms with E-state index in [1.54, 1.807) is 0 Å². The van der Waals surface area contributed by atoms with Gasteiger partial charge in [-0.25, -0.2) is 0 Å². The van der Waals surface area contributed by atoms with Crippen molar-refractivity contribution in [2.45, 2.75) is 57.9 Å². The summed E-state index contributed by atoms with van der Waals surface area (Å²) in [5.74, 6) is 1.88. The lowest BCUT2D eigenvalue weighted by molar-refractivity contribution is 0.306. The molecular weight excluding hydrogens is 324 g/mol. The first-order valence-electron chi connectivity index (χ1n) is 10.3. The maximum Gasteiger partial charge on any atom is 0.191 e. The smallest absolute Gasteiger partial charge is 0.191 e. The van der Waals surface area contributed by atoms with Gasteiger partial charge in [0.15, 0.2) is 5.96 Å². The number of hydrogen-bond acceptors (Lipinski definition) is 3. The summed E-state index contributed by atoms with van der Waals surface area (Å²) < 4.78 is 1.85. The molecule has 6 heteroatoms. The van der Waals surface area contributed by atoms with Gasteiger partial charge < -0.3 is 15.5 Å². The van der Waals surface area contributed by atoms with Crippen LogP contribution < -0.4 is 10.6 Å². The topological polar surface area (TPSA) is 57.5 Å². The molecule has 26 heavy (non-hydrogen) atoms. The molecule has 1 unspecified atom stereocenters. The average molecular weight is 363 g/mol. The number of hydrogen-bond donors (Lipinski definition) is 2. The predicted molar refractivity (Wildman–Crippen MR) is 109 cm³/mol. The summed E-state index contributed by atoms with van der Waals surface area (Å²) in [6, 6.07) is 0.237. The second kappa shape index (κ2) is 11.2. The van der Waals surface area contributed by atoms with Gasteiger partial charge in [-0.3, -0.25) is 9.67 Å². The van der Waals surface area contributed by atoms with E-state index in [0.29, 0.717) is 0 Å². The average Bonchev–Trinajstić information content (AvgIpc) is 3.05. The van der Waals surface area contributed by atoms with Gasteiger partial charge in [-0.05, 0) is 39.8 Å². The number of nitrogens with one attached hydrogen (secondary N) is 2. The fourth-order valence-corrected chi connectivity index (χ4v) is 3.77. The Morgan fingerprint density at radius 2 is 2.08 bits per heavy atom. The van der Waals surface area contributed by atoms with Crippen molar-refractivity contribution >= 4 is 5.96 Å². The highest BCUT2D eigenvalue weighted by atomic mass is 15.2. The van der Waals surface area contributed by atoms with Gasteiger partial charge >= 0.3 is 0 Å². The Hall–Kier alpha value is -1.56. The van der Waals surface area contributed by atoms with Crippen LogP contribution in [-0.2, 0) is 7.05 Å². The van der Waals surface area contributed by atoms with Gasteiger partial charge in [0.05, 0.1) is 18.8 Å². The van der Waals surface area contributed by atoms with Crippen molar-refractivity contribution in [1.82, 2.24) is 25.3 Å². The maximum absolute atomic E-state index is 4.82. The number of nitrogens with zero attached hydrogens (tertiary/aromatic N) is 4. The molecule has 2 rings (SSSR count). The summed E-state index contributed by atoms with van der Waals surface area (Å²) >= 11 is 0. The second-order valence-corrected chi connectivity index (χ2v) is 7.72. The lowest BCUT2D eigenvalue weighted by Gasteiger charge is -2.23. The van der Waals surface area contributed by atoms with Crippen LogP contribution in [0.15, 0.2) is 17.4 Å². The molecule has 0 bridgehead atoms. The zero-order valence-electron chi connectivity index (χ0n) is 17.2. The zero-order chi connectivity index (χ0) is 18.8. The molecule has 1 atom stereocenters. The Morgan fingerprint density at radius 1 is 1.31 bits per heavy atom. The van der Waals surface area contributed by atoms with E-state index in [1.165, 1.54) is 50.5 Å². The quantitative estimate of drug-likeness (QED) is 0.403. The highest BCUT2D eigenvalue weighted by Crippen LogP contribution is 2.26. The molecule has 1 aliphatic carbocycles. The number of aromatic nitrogens is 2. The molecule has 0 spiro atoms. The van der Waals surface area contributed by atoms with E-state index in [2.05, 4.69) is 47.8 Å². The summed E-state index contributed by atoms with van der Waals surface area (Å²) in [5, 5.41) is 11.2. The van der Waals surface area contributed by atoms with Crippen LogP contribution >= 0.6 is 0 Å². The Kier molecular flexibility index (Phi) is 8.95. The summed E-state index contributed by atoms with van der Waals surface area (Å²) in [5.41, 5.74) is 1.20. The molecule has 1 aromatic rings. The molecule has 0 aliphatic heterocycles. The predicted octanol–water partition coefficient (Wildman–Crippen LogP) is 2.94. The molecule has 0 aromatic carbocycles. The van der Waals surface area contributed by atoms with Gasteiger partial charge in [0, 0.05) is 31.9 Å². The summed E-state index contributed by atoms with van der Waals surface area (Å²) in [4.78, 5) is 7.02. The Balaban J connectivity index is 1.81. The highest BCUT2D eigenvalue weighted by Gasteiger charge is 2.16. The van der Waals surface area contributed by atoms with E-state index in [0.717, 1.165) is 31.5 Å². The van der Waals surface area contributed by atoms with E-state index in [1.807, 2.05) is 17.9 Å². The van der Waals surface area contributed by atoms with Crippen LogP contribution in [-0.4, -0.2) is 54.4 Å². The number of rotatable bonds is 9. The molecule has 6 nitrogen and oxygen atoms in total. The number of aliphatic imine (C=N–C) groups is 1. The monoisotopic (exact) mass is 362 g/mol. The number of likely N-dealkylation sites (N-methyl/N-ethyl adjacent to an activating group) is 1. The van der Waals surface area contributed by atoms with Crippen LogP contribution in [0.3, 0.4) is 0 Å². The molecule has 1 saturated carbocycles. The molecule has 0 amide bonds. The molecule has 148 valence electrons. The van der Waals surface area contributed by atoms with Crippen LogP contribution in [0.5, 0.6) is 0 Å². The SMILES string of the molecule is CCNC(=NCC(c1cnn(C)c1)N(C)C)NCCCC1CCCCC1. The van der Waals surface area contributed by atoms with Gasteiger partial charge in [-0.2, -0.15) is 5.10 Å². The first-order valence-corrected chi connectivity index (χ1v) is 10.3. The molecule has 1 heterocycles. The molecular formula is C20H38N6. The highest BCUT2D eigenvalue weighted by molar-refractivity contribution is 5.79. The molecule has 1 aliphatic rings. The number of guanidine groups is 1. The Morgan fingerprint density at radius 3 is 2.69 bits per heavy atom. The minimum atomic E-state index is 0.237. The van der Waals surface area contributed by atoms with E-state index >= 15 is 0 Å². The fourth-order valence-electron chi connectivity index (χ4n) is 3.77. The third-order valence-corrected chi connectivity index (χ3v) is 5.31. The minimum Gasteiger partial charge on any atom is -0.357 e. The molecule has 0 radical (unpaired) electrons. The van der Waals surface area contributed by atoms with Crippen LogP contribution in [0.1, 0.15) is 63.5 Å². The van der Waals surface area contributed by atoms with Crippen LogP contribution in [0.4, 0.5) is 0 Å². The first-order chi connectivity index (χ1) is 12.6. The maximum atomic E-state index is 4.82. The third kappa shape index (κ3) is 6.98. The Labute approximate surface area is 159 Å². The van der Waals surface area contributed by atoms with Crippen LogP contribution in [0.2, 0.25) is 0 Å². The van der Waals surface area contributed by atoms with Crippen molar-refractivity contribution in [3.63, 3.8) is 0 Å². The molecule has 1 fully saturated rings. The van der Waals surface area contributed by atoms with Gasteiger partial charge in [-0.15, -0.1) is 0 Å². The standard InChI is InChI=1S/C20H38N6/c1-5-21-20(22-13-9-12-17-10-7-6-8-11-17)23-15-19(25(2)3)18-14-24-26(4)16-18/h14,16-17,19H,5-13,15H2,1-4H3,(H2,21,22,23). The van der Waals surface area contributed by atoms with E-state index in [-0.39, 0.29) is 6.04 Å². The summed E-state index contributed by atoms with van der Waals surface area (Å²) in [6.07, 6.45) is 13.8. The van der Waals surface area contributed by atoms with E-state index in [4.69, 9.17) is 4.99 Å². The molecule has 0 saturated heterocycles. The second-order valence-electron chi connectivity index (χ2n) is 7.72. The van der Waals surface area contributed by atoms with Gasteiger partial charge in [0.1, 0.15) is 0 Å². The third-order valence-electron chi connectivity index (χ3n) is 5.31. The fraction of sp³-hybridized carbons (Fsp3) is 0.800. The normalized spacial score (nSPS) is 17.5. The minimum absolute atomic E-state index is 0.237. The van der Waals surface area contributed by atoms with E-state index < -0.39 is 0 Å².